The second kappa shape index (κ2) is 17.9. The van der Waals surface area contributed by atoms with Crippen molar-refractivity contribution in [3.05, 3.63) is 114 Å². The molecule has 302 valence electrons. The summed E-state index contributed by atoms with van der Waals surface area (Å²) in [5.41, 5.74) is 0.810. The number of carbonyl (C=O) groups is 2. The molecule has 1 unspecified atom stereocenters. The van der Waals surface area contributed by atoms with E-state index in [9.17, 15) is 26.4 Å². The summed E-state index contributed by atoms with van der Waals surface area (Å²) in [5.74, 6) is 0.618. The third kappa shape index (κ3) is 10.7. The first-order chi connectivity index (χ1) is 26.3. The number of ether oxygens (including phenoxy) is 3. The summed E-state index contributed by atoms with van der Waals surface area (Å²) in [4.78, 5) is 25.9. The molecule has 0 spiro atoms. The minimum Gasteiger partial charge on any atom is -0.494 e. The Hall–Kier alpha value is -4.88. The first-order valence-corrected chi connectivity index (χ1v) is 21.5. The van der Waals surface area contributed by atoms with Crippen LogP contribution in [0.4, 0.5) is 0 Å². The highest BCUT2D eigenvalue weighted by molar-refractivity contribution is 7.88. The van der Waals surface area contributed by atoms with Crippen molar-refractivity contribution in [2.24, 2.45) is 0 Å². The second-order valence-electron chi connectivity index (χ2n) is 14.6. The van der Waals surface area contributed by atoms with Crippen molar-refractivity contribution in [1.82, 2.24) is 0 Å². The van der Waals surface area contributed by atoms with Gasteiger partial charge in [-0.05, 0) is 150 Å². The van der Waals surface area contributed by atoms with Gasteiger partial charge < -0.3 is 22.6 Å². The number of ketones is 1. The fraction of sp³-hybridized carbons (Fsp3) is 0.395. The highest BCUT2D eigenvalue weighted by atomic mass is 32.2. The Kier molecular flexibility index (Phi) is 14.0. The van der Waals surface area contributed by atoms with Crippen LogP contribution in [0.1, 0.15) is 114 Å². The van der Waals surface area contributed by atoms with E-state index in [2.05, 4.69) is 13.8 Å². The van der Waals surface area contributed by atoms with E-state index in [4.69, 9.17) is 22.6 Å². The van der Waals surface area contributed by atoms with Gasteiger partial charge in [-0.3, -0.25) is 4.79 Å². The van der Waals surface area contributed by atoms with Crippen LogP contribution >= 0.6 is 0 Å². The smallest absolute Gasteiger partial charge is 0.343 e. The topological polar surface area (TPSA) is 149 Å². The first kappa shape index (κ1) is 43.8. The zero-order chi connectivity index (χ0) is 41.4. The Bertz CT molecular complexity index is 2160. The predicted octanol–water partition coefficient (Wildman–Crippen LogP) is 9.34. The van der Waals surface area contributed by atoms with Crippen LogP contribution in [-0.2, 0) is 20.2 Å². The molecule has 0 heterocycles. The minimum absolute atomic E-state index is 0.0453. The van der Waals surface area contributed by atoms with Crippen molar-refractivity contribution < 1.29 is 49.0 Å². The molecule has 0 fully saturated rings. The van der Waals surface area contributed by atoms with E-state index >= 15 is 0 Å². The van der Waals surface area contributed by atoms with Gasteiger partial charge in [0.15, 0.2) is 5.78 Å². The molecule has 1 atom stereocenters. The van der Waals surface area contributed by atoms with Gasteiger partial charge in [0.1, 0.15) is 43.8 Å². The molecule has 4 aromatic rings. The summed E-state index contributed by atoms with van der Waals surface area (Å²) in [6.07, 6.45) is 2.43. The van der Waals surface area contributed by atoms with Crippen LogP contribution in [0.15, 0.2) is 97.1 Å². The van der Waals surface area contributed by atoms with Crippen LogP contribution in [-0.4, -0.2) is 50.3 Å². The maximum absolute atomic E-state index is 13.5. The molecule has 4 aromatic carbocycles. The highest BCUT2D eigenvalue weighted by Gasteiger charge is 2.40. The summed E-state index contributed by atoms with van der Waals surface area (Å²) < 4.78 is 77.7. The minimum atomic E-state index is -4.13. The van der Waals surface area contributed by atoms with Crippen LogP contribution < -0.4 is 22.6 Å². The average Bonchev–Trinajstić information content (AvgIpc) is 3.18. The standard InChI is InChI=1S/C43H52O11S2/c1-9-41(5,6)55(46,47)53-38-27-25-35(26-28-38)51-40(45)33-17-19-34(20-18-33)50-30-29-43(8,12-4)56(48,49)54-37-23-15-32(16-24-37)39(44)31-13-21-36(22-14-31)52-42(7,10-2)11-3/h13-28H,9-12,29-30H2,1-8H3. The molecule has 0 aliphatic rings. The molecule has 0 aliphatic heterocycles. The Morgan fingerprint density at radius 1 is 0.518 bits per heavy atom. The van der Waals surface area contributed by atoms with Gasteiger partial charge in [0, 0.05) is 17.5 Å². The molecule has 0 bridgehead atoms. The van der Waals surface area contributed by atoms with Gasteiger partial charge >= 0.3 is 26.2 Å². The predicted molar refractivity (Wildman–Crippen MR) is 216 cm³/mol. The maximum Gasteiger partial charge on any atom is 0.343 e. The molecule has 0 aliphatic carbocycles. The Morgan fingerprint density at radius 3 is 1.43 bits per heavy atom. The number of carbonyl (C=O) groups excluding carboxylic acids is 2. The van der Waals surface area contributed by atoms with Crippen LogP contribution in [0.2, 0.25) is 0 Å². The van der Waals surface area contributed by atoms with Crippen molar-refractivity contribution in [3.8, 4) is 28.7 Å². The lowest BCUT2D eigenvalue weighted by Gasteiger charge is -2.28. The largest absolute Gasteiger partial charge is 0.494 e. The van der Waals surface area contributed by atoms with Gasteiger partial charge in [0.05, 0.1) is 12.2 Å². The Labute approximate surface area is 331 Å². The van der Waals surface area contributed by atoms with E-state index in [0.29, 0.717) is 29.0 Å². The van der Waals surface area contributed by atoms with Gasteiger partial charge in [0.2, 0.25) is 0 Å². The molecular formula is C43H52O11S2. The van der Waals surface area contributed by atoms with Crippen LogP contribution in [0, 0.1) is 0 Å². The van der Waals surface area contributed by atoms with Gasteiger partial charge in [-0.1, -0.05) is 27.7 Å². The molecule has 0 saturated carbocycles. The van der Waals surface area contributed by atoms with Gasteiger partial charge in [0.25, 0.3) is 0 Å². The fourth-order valence-corrected chi connectivity index (χ4v) is 7.30. The maximum atomic E-state index is 13.5. The van der Waals surface area contributed by atoms with E-state index in [1.807, 2.05) is 6.92 Å². The summed E-state index contributed by atoms with van der Waals surface area (Å²) in [6, 6.07) is 24.8. The van der Waals surface area contributed by atoms with Crippen molar-refractivity contribution >= 4 is 32.0 Å². The van der Waals surface area contributed by atoms with Gasteiger partial charge in [-0.25, -0.2) is 4.79 Å². The third-order valence-electron chi connectivity index (χ3n) is 10.4. The summed E-state index contributed by atoms with van der Waals surface area (Å²) in [5, 5.41) is 0. The summed E-state index contributed by atoms with van der Waals surface area (Å²) in [7, 11) is -8.00. The fourth-order valence-electron chi connectivity index (χ4n) is 5.11. The first-order valence-electron chi connectivity index (χ1n) is 18.7. The van der Waals surface area contributed by atoms with E-state index in [1.165, 1.54) is 60.7 Å². The molecule has 0 radical (unpaired) electrons. The Balaban J connectivity index is 1.29. The van der Waals surface area contributed by atoms with Crippen molar-refractivity contribution in [1.29, 1.82) is 0 Å². The second-order valence-corrected chi connectivity index (χ2v) is 18.9. The number of esters is 1. The number of rotatable bonds is 20. The van der Waals surface area contributed by atoms with E-state index < -0.39 is 35.7 Å². The zero-order valence-electron chi connectivity index (χ0n) is 33.3. The SMILES string of the molecule is CCC(C)(CC)Oc1ccc(C(=O)c2ccc(OS(=O)(=O)C(C)(CC)CCOc3ccc(C(=O)Oc4ccc(OS(=O)(=O)C(C)(C)CC)cc4)cc3)cc2)cc1. The third-order valence-corrected chi connectivity index (χ3v) is 14.6. The van der Waals surface area contributed by atoms with E-state index in [1.54, 1.807) is 71.0 Å². The number of benzene rings is 4. The van der Waals surface area contributed by atoms with Crippen LogP contribution in [0.5, 0.6) is 28.7 Å². The molecule has 56 heavy (non-hydrogen) atoms. The van der Waals surface area contributed by atoms with Crippen molar-refractivity contribution in [3.63, 3.8) is 0 Å². The quantitative estimate of drug-likeness (QED) is 0.0364. The molecule has 0 amide bonds. The van der Waals surface area contributed by atoms with E-state index in [-0.39, 0.29) is 53.6 Å². The number of hydrogen-bond acceptors (Lipinski definition) is 11. The van der Waals surface area contributed by atoms with Crippen LogP contribution in [0.25, 0.3) is 0 Å². The molecular weight excluding hydrogens is 757 g/mol. The summed E-state index contributed by atoms with van der Waals surface area (Å²) in [6.45, 7) is 14.5. The lowest BCUT2D eigenvalue weighted by Crippen LogP contribution is -2.39. The summed E-state index contributed by atoms with van der Waals surface area (Å²) >= 11 is 0. The molecule has 0 N–H and O–H groups in total. The highest BCUT2D eigenvalue weighted by Crippen LogP contribution is 2.31. The van der Waals surface area contributed by atoms with E-state index in [0.717, 1.165) is 12.8 Å². The van der Waals surface area contributed by atoms with Gasteiger partial charge in [-0.15, -0.1) is 0 Å². The molecule has 4 rings (SSSR count). The van der Waals surface area contributed by atoms with Gasteiger partial charge in [-0.2, -0.15) is 16.8 Å². The molecule has 13 heteroatoms. The monoisotopic (exact) mass is 808 g/mol. The molecule has 0 aromatic heterocycles. The zero-order valence-corrected chi connectivity index (χ0v) is 34.9. The number of hydrogen-bond donors (Lipinski definition) is 0. The Morgan fingerprint density at radius 2 is 0.946 bits per heavy atom. The van der Waals surface area contributed by atoms with Crippen molar-refractivity contribution in [2.45, 2.75) is 103 Å². The normalized spacial score (nSPS) is 13.3. The average molecular weight is 809 g/mol. The van der Waals surface area contributed by atoms with Crippen LogP contribution in [0.3, 0.4) is 0 Å². The van der Waals surface area contributed by atoms with Crippen molar-refractivity contribution in [2.75, 3.05) is 6.61 Å². The molecule has 11 nitrogen and oxygen atoms in total. The lowest BCUT2D eigenvalue weighted by molar-refractivity contribution is 0.0734. The molecule has 0 saturated heterocycles. The lowest BCUT2D eigenvalue weighted by atomic mass is 9.99.